The summed E-state index contributed by atoms with van der Waals surface area (Å²) in [5.41, 5.74) is 5.95. The molecule has 0 aliphatic heterocycles. The fourth-order valence-electron chi connectivity index (χ4n) is 2.22. The number of ether oxygens (including phenoxy) is 1. The summed E-state index contributed by atoms with van der Waals surface area (Å²) >= 11 is 0. The number of hydrazine groups is 1. The van der Waals surface area contributed by atoms with Gasteiger partial charge in [-0.05, 0) is 56.5 Å². The first-order valence-electron chi connectivity index (χ1n) is 6.73. The van der Waals surface area contributed by atoms with Crippen molar-refractivity contribution in [2.45, 2.75) is 34.3 Å². The van der Waals surface area contributed by atoms with Crippen LogP contribution in [0.2, 0.25) is 0 Å². The highest BCUT2D eigenvalue weighted by atomic mass is 16.5. The molecular weight excluding hydrogens is 268 g/mol. The van der Waals surface area contributed by atoms with E-state index < -0.39 is 0 Å². The van der Waals surface area contributed by atoms with E-state index in [1.54, 1.807) is 13.0 Å². The van der Waals surface area contributed by atoms with E-state index in [1.165, 1.54) is 5.56 Å². The Hall–Kier alpha value is -2.27. The average Bonchev–Trinajstić information content (AvgIpc) is 2.81. The highest BCUT2D eigenvalue weighted by molar-refractivity contribution is 5.94. The van der Waals surface area contributed by atoms with Crippen molar-refractivity contribution in [3.05, 3.63) is 52.0 Å². The van der Waals surface area contributed by atoms with Crippen LogP contribution in [0.5, 0.6) is 5.75 Å². The fourth-order valence-corrected chi connectivity index (χ4v) is 2.22. The summed E-state index contributed by atoms with van der Waals surface area (Å²) in [4.78, 5) is 11.5. The Morgan fingerprint density at radius 3 is 2.62 bits per heavy atom. The maximum atomic E-state index is 11.5. The molecule has 1 aromatic carbocycles. The highest BCUT2D eigenvalue weighted by Crippen LogP contribution is 2.25. The van der Waals surface area contributed by atoms with Crippen molar-refractivity contribution in [3.8, 4) is 5.75 Å². The van der Waals surface area contributed by atoms with Crippen LogP contribution in [-0.4, -0.2) is 5.91 Å². The number of hydrogen-bond donors (Lipinski definition) is 2. The number of carbonyl (C=O) groups excluding carboxylic acids is 1. The largest absolute Gasteiger partial charge is 0.485 e. The molecule has 5 heteroatoms. The molecule has 5 nitrogen and oxygen atoms in total. The number of amides is 1. The lowest BCUT2D eigenvalue weighted by Gasteiger charge is -2.11. The number of nitrogens with one attached hydrogen (secondary N) is 1. The molecule has 0 radical (unpaired) electrons. The molecule has 0 bridgehead atoms. The van der Waals surface area contributed by atoms with E-state index in [2.05, 4.69) is 18.4 Å². The summed E-state index contributed by atoms with van der Waals surface area (Å²) in [6.07, 6.45) is 0. The summed E-state index contributed by atoms with van der Waals surface area (Å²) in [6.45, 7) is 8.08. The van der Waals surface area contributed by atoms with Crippen molar-refractivity contribution in [1.29, 1.82) is 0 Å². The van der Waals surface area contributed by atoms with Gasteiger partial charge in [-0.1, -0.05) is 6.07 Å². The molecule has 1 heterocycles. The number of furan rings is 1. The summed E-state index contributed by atoms with van der Waals surface area (Å²) in [5, 5.41) is 0. The quantitative estimate of drug-likeness (QED) is 0.515. The van der Waals surface area contributed by atoms with Gasteiger partial charge in [-0.25, -0.2) is 5.84 Å². The van der Waals surface area contributed by atoms with Crippen molar-refractivity contribution in [2.75, 3.05) is 0 Å². The fraction of sp³-hybridized carbons (Fsp3) is 0.312. The Labute approximate surface area is 124 Å². The predicted octanol–water partition coefficient (Wildman–Crippen LogP) is 2.70. The molecule has 0 aliphatic rings. The van der Waals surface area contributed by atoms with Crippen LogP contribution in [0.25, 0.3) is 0 Å². The van der Waals surface area contributed by atoms with Gasteiger partial charge in [0.25, 0.3) is 5.91 Å². The average molecular weight is 288 g/mol. The van der Waals surface area contributed by atoms with E-state index >= 15 is 0 Å². The zero-order chi connectivity index (χ0) is 15.6. The van der Waals surface area contributed by atoms with Crippen LogP contribution < -0.4 is 16.0 Å². The number of nitrogens with two attached hydrogens (primary N) is 1. The summed E-state index contributed by atoms with van der Waals surface area (Å²) in [5.74, 6) is 6.69. The first-order valence-corrected chi connectivity index (χ1v) is 6.73. The molecule has 0 spiro atoms. The molecule has 0 aliphatic carbocycles. The van der Waals surface area contributed by atoms with E-state index in [-0.39, 0.29) is 12.5 Å². The van der Waals surface area contributed by atoms with E-state index in [1.807, 2.05) is 19.9 Å². The van der Waals surface area contributed by atoms with Crippen LogP contribution in [0.15, 0.2) is 22.6 Å². The molecular formula is C16H20N2O3. The zero-order valence-corrected chi connectivity index (χ0v) is 12.7. The van der Waals surface area contributed by atoms with Gasteiger partial charge in [0.05, 0.1) is 5.56 Å². The van der Waals surface area contributed by atoms with E-state index in [0.717, 1.165) is 16.9 Å². The Morgan fingerprint density at radius 2 is 1.95 bits per heavy atom. The SMILES string of the molecule is Cc1cc(C)c(C)c(OCc2cc(C(=O)NN)c(C)o2)c1. The monoisotopic (exact) mass is 288 g/mol. The lowest BCUT2D eigenvalue weighted by atomic mass is 10.1. The highest BCUT2D eigenvalue weighted by Gasteiger charge is 2.14. The van der Waals surface area contributed by atoms with Crippen molar-refractivity contribution < 1.29 is 13.9 Å². The first kappa shape index (κ1) is 15.1. The minimum Gasteiger partial charge on any atom is -0.485 e. The minimum absolute atomic E-state index is 0.266. The van der Waals surface area contributed by atoms with Crippen molar-refractivity contribution in [3.63, 3.8) is 0 Å². The van der Waals surface area contributed by atoms with E-state index in [0.29, 0.717) is 17.1 Å². The van der Waals surface area contributed by atoms with Crippen molar-refractivity contribution in [1.82, 2.24) is 5.43 Å². The number of nitrogen functional groups attached to an aromatic ring is 1. The number of hydrogen-bond acceptors (Lipinski definition) is 4. The summed E-state index contributed by atoms with van der Waals surface area (Å²) in [7, 11) is 0. The smallest absolute Gasteiger partial charge is 0.268 e. The Bertz CT molecular complexity index is 674. The molecule has 112 valence electrons. The van der Waals surface area contributed by atoms with Gasteiger partial charge >= 0.3 is 0 Å². The van der Waals surface area contributed by atoms with Gasteiger partial charge in [0.1, 0.15) is 23.9 Å². The van der Waals surface area contributed by atoms with Gasteiger partial charge in [0.2, 0.25) is 0 Å². The Balaban J connectivity index is 2.16. The number of rotatable bonds is 4. The lowest BCUT2D eigenvalue weighted by Crippen LogP contribution is -2.30. The lowest BCUT2D eigenvalue weighted by molar-refractivity contribution is 0.0952. The third-order valence-corrected chi connectivity index (χ3v) is 3.48. The molecule has 0 saturated heterocycles. The number of carbonyl (C=O) groups is 1. The minimum atomic E-state index is -0.370. The maximum absolute atomic E-state index is 11.5. The second-order valence-electron chi connectivity index (χ2n) is 5.15. The van der Waals surface area contributed by atoms with Crippen molar-refractivity contribution >= 4 is 5.91 Å². The second kappa shape index (κ2) is 6.01. The molecule has 0 unspecified atom stereocenters. The maximum Gasteiger partial charge on any atom is 0.268 e. The Morgan fingerprint density at radius 1 is 1.24 bits per heavy atom. The van der Waals surface area contributed by atoms with Crippen LogP contribution in [-0.2, 0) is 6.61 Å². The molecule has 2 rings (SSSR count). The normalized spacial score (nSPS) is 10.5. The van der Waals surface area contributed by atoms with Gasteiger partial charge in [0, 0.05) is 0 Å². The van der Waals surface area contributed by atoms with Gasteiger partial charge < -0.3 is 9.15 Å². The molecule has 3 N–H and O–H groups in total. The number of aryl methyl sites for hydroxylation is 3. The molecule has 21 heavy (non-hydrogen) atoms. The predicted molar refractivity (Wildman–Crippen MR) is 80.1 cm³/mol. The zero-order valence-electron chi connectivity index (χ0n) is 12.7. The number of benzene rings is 1. The standard InChI is InChI=1S/C16H20N2O3/c1-9-5-10(2)11(3)15(6-9)20-8-13-7-14(12(4)21-13)16(19)18-17/h5-7H,8,17H2,1-4H3,(H,18,19). The topological polar surface area (TPSA) is 77.5 Å². The summed E-state index contributed by atoms with van der Waals surface area (Å²) < 4.78 is 11.3. The van der Waals surface area contributed by atoms with Gasteiger partial charge in [0.15, 0.2) is 0 Å². The van der Waals surface area contributed by atoms with E-state index in [9.17, 15) is 4.79 Å². The van der Waals surface area contributed by atoms with Crippen molar-refractivity contribution in [2.24, 2.45) is 5.84 Å². The van der Waals surface area contributed by atoms with Crippen LogP contribution in [0.1, 0.15) is 38.6 Å². The molecule has 1 amide bonds. The summed E-state index contributed by atoms with van der Waals surface area (Å²) in [6, 6.07) is 5.75. The third-order valence-electron chi connectivity index (χ3n) is 3.48. The molecule has 2 aromatic rings. The van der Waals surface area contributed by atoms with Gasteiger partial charge in [-0.2, -0.15) is 0 Å². The first-order chi connectivity index (χ1) is 9.92. The van der Waals surface area contributed by atoms with Gasteiger partial charge in [-0.15, -0.1) is 0 Å². The van der Waals surface area contributed by atoms with Crippen LogP contribution >= 0.6 is 0 Å². The molecule has 0 atom stereocenters. The Kier molecular flexibility index (Phi) is 4.33. The second-order valence-corrected chi connectivity index (χ2v) is 5.15. The van der Waals surface area contributed by atoms with Crippen LogP contribution in [0.4, 0.5) is 0 Å². The van der Waals surface area contributed by atoms with E-state index in [4.69, 9.17) is 15.0 Å². The van der Waals surface area contributed by atoms with Gasteiger partial charge in [-0.3, -0.25) is 10.2 Å². The van der Waals surface area contributed by atoms with Crippen LogP contribution in [0, 0.1) is 27.7 Å². The molecule has 0 saturated carbocycles. The third kappa shape index (κ3) is 3.25. The molecule has 0 fully saturated rings. The molecule has 1 aromatic heterocycles. The van der Waals surface area contributed by atoms with Crippen LogP contribution in [0.3, 0.4) is 0 Å².